The predicted molar refractivity (Wildman–Crippen MR) is 135 cm³/mol. The minimum Gasteiger partial charge on any atom is -0.488 e. The Labute approximate surface area is 214 Å². The number of carbonyl (C=O) groups is 3. The molecule has 0 spiro atoms. The second-order valence-electron chi connectivity index (χ2n) is 7.49. The average molecular weight is 560 g/mol. The number of aryl methyl sites for hydroxylation is 1. The van der Waals surface area contributed by atoms with Crippen LogP contribution < -0.4 is 15.0 Å². The Morgan fingerprint density at radius 1 is 1.00 bits per heavy atom. The van der Waals surface area contributed by atoms with E-state index in [0.717, 1.165) is 14.9 Å². The molecule has 0 radical (unpaired) electrons. The topological polar surface area (TPSA) is 75.7 Å². The maximum atomic E-state index is 13.3. The first-order valence-corrected chi connectivity index (χ1v) is 11.6. The van der Waals surface area contributed by atoms with Crippen LogP contribution in [0.3, 0.4) is 0 Å². The molecule has 3 aromatic rings. The number of nitrogens with zero attached hydrogens (tertiary/aromatic N) is 1. The van der Waals surface area contributed by atoms with E-state index in [2.05, 4.69) is 21.2 Å². The molecule has 4 amide bonds. The van der Waals surface area contributed by atoms with Gasteiger partial charge in [0.25, 0.3) is 11.8 Å². The fourth-order valence-electron chi connectivity index (χ4n) is 3.41. The van der Waals surface area contributed by atoms with Crippen LogP contribution in [0.4, 0.5) is 10.5 Å². The maximum Gasteiger partial charge on any atom is 0.335 e. The highest BCUT2D eigenvalue weighted by molar-refractivity contribution is 9.10. The Hall–Kier alpha value is -3.13. The Bertz CT molecular complexity index is 1360. The van der Waals surface area contributed by atoms with Crippen molar-refractivity contribution >= 4 is 68.7 Å². The van der Waals surface area contributed by atoms with E-state index in [1.165, 1.54) is 12.1 Å². The number of nitrogens with one attached hydrogen (secondary N) is 1. The second kappa shape index (κ2) is 10.0. The summed E-state index contributed by atoms with van der Waals surface area (Å²) in [4.78, 5) is 39.4. The SMILES string of the molecule is Cc1ccc(Cl)cc1N1C(=O)NC(=O)/C(=C\c2cc(Br)ccc2OCc2cccc(Cl)c2)C1=O. The van der Waals surface area contributed by atoms with E-state index in [0.29, 0.717) is 32.6 Å². The van der Waals surface area contributed by atoms with Crippen LogP contribution in [0.25, 0.3) is 6.08 Å². The lowest BCUT2D eigenvalue weighted by atomic mass is 10.0. The van der Waals surface area contributed by atoms with Crippen LogP contribution in [0.5, 0.6) is 5.75 Å². The molecule has 9 heteroatoms. The number of anilines is 1. The van der Waals surface area contributed by atoms with Gasteiger partial charge in [0.1, 0.15) is 17.9 Å². The van der Waals surface area contributed by atoms with Crippen LogP contribution in [0.2, 0.25) is 10.0 Å². The van der Waals surface area contributed by atoms with Crippen LogP contribution in [-0.2, 0) is 16.2 Å². The maximum absolute atomic E-state index is 13.3. The van der Waals surface area contributed by atoms with Crippen molar-refractivity contribution in [3.8, 4) is 5.75 Å². The van der Waals surface area contributed by atoms with E-state index in [1.807, 2.05) is 12.1 Å². The van der Waals surface area contributed by atoms with Crippen molar-refractivity contribution in [3.63, 3.8) is 0 Å². The minimum atomic E-state index is -0.843. The lowest BCUT2D eigenvalue weighted by molar-refractivity contribution is -0.122. The van der Waals surface area contributed by atoms with E-state index in [9.17, 15) is 14.4 Å². The van der Waals surface area contributed by atoms with Gasteiger partial charge in [0.05, 0.1) is 5.69 Å². The molecule has 172 valence electrons. The molecule has 1 saturated heterocycles. The molecule has 3 aromatic carbocycles. The van der Waals surface area contributed by atoms with E-state index >= 15 is 0 Å². The number of carbonyl (C=O) groups excluding carboxylic acids is 3. The number of barbiturate groups is 1. The molecule has 1 aliphatic heterocycles. The average Bonchev–Trinajstić information content (AvgIpc) is 2.78. The normalized spacial score (nSPS) is 15.0. The van der Waals surface area contributed by atoms with E-state index in [1.54, 1.807) is 49.4 Å². The zero-order valence-electron chi connectivity index (χ0n) is 17.8. The van der Waals surface area contributed by atoms with Crippen molar-refractivity contribution < 1.29 is 19.1 Å². The summed E-state index contributed by atoms with van der Waals surface area (Å²) in [6, 6.07) is 16.5. The highest BCUT2D eigenvalue weighted by Crippen LogP contribution is 2.31. The van der Waals surface area contributed by atoms with Crippen LogP contribution in [0, 0.1) is 6.92 Å². The van der Waals surface area contributed by atoms with Crippen molar-refractivity contribution in [2.75, 3.05) is 4.90 Å². The minimum absolute atomic E-state index is 0.218. The number of urea groups is 1. The molecule has 0 aromatic heterocycles. The van der Waals surface area contributed by atoms with Crippen LogP contribution in [0.15, 0.2) is 70.7 Å². The molecule has 4 rings (SSSR count). The molecule has 0 saturated carbocycles. The predicted octanol–water partition coefficient (Wildman–Crippen LogP) is 6.31. The number of hydrogen-bond donors (Lipinski definition) is 1. The molecule has 0 atom stereocenters. The quantitative estimate of drug-likeness (QED) is 0.293. The van der Waals surface area contributed by atoms with Crippen molar-refractivity contribution in [2.45, 2.75) is 13.5 Å². The lowest BCUT2D eigenvalue weighted by Gasteiger charge is -2.27. The molecule has 1 heterocycles. The van der Waals surface area contributed by atoms with Gasteiger partial charge in [-0.15, -0.1) is 0 Å². The summed E-state index contributed by atoms with van der Waals surface area (Å²) in [5.74, 6) is -1.12. The van der Waals surface area contributed by atoms with Crippen molar-refractivity contribution in [3.05, 3.63) is 97.4 Å². The molecule has 0 aliphatic carbocycles. The van der Waals surface area contributed by atoms with Gasteiger partial charge < -0.3 is 4.74 Å². The van der Waals surface area contributed by atoms with E-state index in [-0.39, 0.29) is 12.2 Å². The number of hydrogen-bond acceptors (Lipinski definition) is 4. The third-order valence-electron chi connectivity index (χ3n) is 5.07. The van der Waals surface area contributed by atoms with Crippen LogP contribution in [0.1, 0.15) is 16.7 Å². The number of rotatable bonds is 5. The van der Waals surface area contributed by atoms with Gasteiger partial charge in [0.2, 0.25) is 0 Å². The number of imide groups is 2. The fourth-order valence-corrected chi connectivity index (χ4v) is 4.16. The molecular weight excluding hydrogens is 543 g/mol. The van der Waals surface area contributed by atoms with Gasteiger partial charge in [-0.2, -0.15) is 0 Å². The van der Waals surface area contributed by atoms with Crippen molar-refractivity contribution in [1.82, 2.24) is 5.32 Å². The summed E-state index contributed by atoms with van der Waals surface area (Å²) < 4.78 is 6.67. The zero-order chi connectivity index (χ0) is 24.4. The smallest absolute Gasteiger partial charge is 0.335 e. The first-order chi connectivity index (χ1) is 16.2. The standard InChI is InChI=1S/C25H17BrCl2N2O4/c1-14-5-7-19(28)12-21(14)30-24(32)20(23(31)29-25(30)33)11-16-10-17(26)6-8-22(16)34-13-15-3-2-4-18(27)9-15/h2-12H,13H2,1H3,(H,29,31,33)/b20-11+. The van der Waals surface area contributed by atoms with Gasteiger partial charge in [-0.1, -0.05) is 57.3 Å². The zero-order valence-corrected chi connectivity index (χ0v) is 20.9. The van der Waals surface area contributed by atoms with Crippen LogP contribution >= 0.6 is 39.1 Å². The molecule has 6 nitrogen and oxygen atoms in total. The number of benzene rings is 3. The highest BCUT2D eigenvalue weighted by Gasteiger charge is 2.37. The van der Waals surface area contributed by atoms with Gasteiger partial charge in [-0.25, -0.2) is 9.69 Å². The molecule has 1 fully saturated rings. The van der Waals surface area contributed by atoms with Gasteiger partial charge in [-0.3, -0.25) is 14.9 Å². The molecular formula is C25H17BrCl2N2O4. The highest BCUT2D eigenvalue weighted by atomic mass is 79.9. The van der Waals surface area contributed by atoms with Gasteiger partial charge >= 0.3 is 6.03 Å². The third-order valence-corrected chi connectivity index (χ3v) is 6.03. The second-order valence-corrected chi connectivity index (χ2v) is 9.28. The Balaban J connectivity index is 1.70. The first-order valence-electron chi connectivity index (χ1n) is 10.1. The van der Waals surface area contributed by atoms with Gasteiger partial charge in [0, 0.05) is 20.1 Å². The van der Waals surface area contributed by atoms with E-state index in [4.69, 9.17) is 27.9 Å². The molecule has 1 aliphatic rings. The fraction of sp³-hybridized carbons (Fsp3) is 0.0800. The van der Waals surface area contributed by atoms with E-state index < -0.39 is 17.8 Å². The molecule has 34 heavy (non-hydrogen) atoms. The first kappa shape index (κ1) is 24.0. The number of ether oxygens (including phenoxy) is 1. The summed E-state index contributed by atoms with van der Waals surface area (Å²) in [5.41, 5.74) is 2.06. The summed E-state index contributed by atoms with van der Waals surface area (Å²) in [7, 11) is 0. The summed E-state index contributed by atoms with van der Waals surface area (Å²) in [5, 5.41) is 3.16. The van der Waals surface area contributed by atoms with Crippen LogP contribution in [-0.4, -0.2) is 17.8 Å². The molecule has 1 N–H and O–H groups in total. The summed E-state index contributed by atoms with van der Waals surface area (Å²) in [6.07, 6.45) is 1.40. The monoisotopic (exact) mass is 558 g/mol. The van der Waals surface area contributed by atoms with Gasteiger partial charge in [-0.05, 0) is 66.6 Å². The summed E-state index contributed by atoms with van der Waals surface area (Å²) >= 11 is 15.5. The van der Waals surface area contributed by atoms with Crippen molar-refractivity contribution in [1.29, 1.82) is 0 Å². The Kier molecular flexibility index (Phi) is 7.07. The molecule has 0 unspecified atom stereocenters. The Morgan fingerprint density at radius 2 is 1.76 bits per heavy atom. The van der Waals surface area contributed by atoms with Gasteiger partial charge in [0.15, 0.2) is 0 Å². The largest absolute Gasteiger partial charge is 0.488 e. The third kappa shape index (κ3) is 5.17. The Morgan fingerprint density at radius 3 is 2.53 bits per heavy atom. The number of amides is 4. The lowest BCUT2D eigenvalue weighted by Crippen LogP contribution is -2.54. The molecule has 0 bridgehead atoms. The number of halogens is 3. The summed E-state index contributed by atoms with van der Waals surface area (Å²) in [6.45, 7) is 1.97. The van der Waals surface area contributed by atoms with Crippen molar-refractivity contribution in [2.24, 2.45) is 0 Å².